The minimum Gasteiger partial charge on any atom is -0.102 e. The van der Waals surface area contributed by atoms with Gasteiger partial charge in [-0.1, -0.05) is 0 Å². The van der Waals surface area contributed by atoms with E-state index in [0.29, 0.717) is 0 Å². The van der Waals surface area contributed by atoms with Gasteiger partial charge < -0.3 is 0 Å². The Morgan fingerprint density at radius 1 is 0.0973 bits per heavy atom. The Morgan fingerprint density at radius 3 is 0.257 bits per heavy atom. The summed E-state index contributed by atoms with van der Waals surface area (Å²) in [5, 5.41) is 0. The Balaban J connectivity index is 15.2. The maximum Gasteiger partial charge on any atom is 0.0690 e. The second kappa shape index (κ2) is 88.8. The van der Waals surface area contributed by atoms with Crippen molar-refractivity contribution in [2.45, 2.75) is 0 Å². The molecule has 0 heterocycles. The first-order valence-corrected chi connectivity index (χ1v) is 231. The molecule has 0 saturated heterocycles. The first kappa shape index (κ1) is 160. The van der Waals surface area contributed by atoms with Crippen LogP contribution in [0.4, 0.5) is 0 Å². The number of rotatable bonds is 55. The molecule has 0 bridgehead atoms. The third kappa shape index (κ3) is 57.7. The molecule has 0 aliphatic rings. The van der Waals surface area contributed by atoms with Crippen molar-refractivity contribution in [3.63, 3.8) is 0 Å². The zero-order chi connectivity index (χ0) is 90.3. The fourth-order valence-corrected chi connectivity index (χ4v) is 1660. The smallest absolute Gasteiger partial charge is 0.0690 e. The summed E-state index contributed by atoms with van der Waals surface area (Å²) >= 11 is 0. The molecule has 0 radical (unpaired) electrons. The van der Waals surface area contributed by atoms with Gasteiger partial charge in [-0.25, -0.2) is 0 Å². The highest BCUT2D eigenvalue weighted by molar-refractivity contribution is 9.59. The summed E-state index contributed by atoms with van der Waals surface area (Å²) in [6, 6.07) is 0. The van der Waals surface area contributed by atoms with E-state index in [4.69, 9.17) is 0 Å². The maximum absolute atomic E-state index is 15.3. The summed E-state index contributed by atoms with van der Waals surface area (Å²) in [5.41, 5.74) is 0. The second-order valence-electron chi connectivity index (χ2n) is 18.0. The van der Waals surface area contributed by atoms with E-state index in [1.54, 1.807) is 0 Å². The molecule has 0 aliphatic carbocycles. The normalized spacial score (nSPS) is 16.1. The predicted octanol–water partition coefficient (Wildman–Crippen LogP) is 66.5. The summed E-state index contributed by atoms with van der Waals surface area (Å²) in [7, 11) is 214. The molecule has 62 unspecified atom stereocenters. The van der Waals surface area contributed by atoms with Crippen molar-refractivity contribution in [1.82, 2.24) is 0 Å². The predicted molar refractivity (Wildman–Crippen MR) is 942 cm³/mol. The lowest BCUT2D eigenvalue weighted by Gasteiger charge is -2.62. The molecule has 0 nitrogen and oxygen atoms in total. The van der Waals surface area contributed by atoms with E-state index in [1.807, 2.05) is 0 Å². The zero-order valence-electron chi connectivity index (χ0n) is 59.0. The van der Waals surface area contributed by atoms with Gasteiger partial charge in [0.05, 0.1) is 1.28 Å². The molecule has 62 atom stereocenters. The lowest BCUT2D eigenvalue weighted by molar-refractivity contribution is 4.32. The van der Waals surface area contributed by atoms with Crippen LogP contribution < -0.4 is 0 Å². The van der Waals surface area contributed by atoms with E-state index in [-0.39, 0.29) is 0 Å². The van der Waals surface area contributed by atoms with Crippen LogP contribution in [0.2, 0.25) is 0 Å². The summed E-state index contributed by atoms with van der Waals surface area (Å²) in [5.74, 6) is 0. The van der Waals surface area contributed by atoms with Crippen LogP contribution in [0.5, 0.6) is 0 Å². The van der Waals surface area contributed by atoms with Crippen LogP contribution in [0.15, 0.2) is 0 Å². The molecule has 0 aliphatic heterocycles. The van der Waals surface area contributed by atoms with Crippen molar-refractivity contribution < 1.29 is 0 Å². The summed E-state index contributed by atoms with van der Waals surface area (Å²) in [4.78, 5) is 0. The van der Waals surface area contributed by atoms with Crippen molar-refractivity contribution >= 4 is 901 Å². The quantitative estimate of drug-likeness (QED) is 0.0533. The van der Waals surface area contributed by atoms with Gasteiger partial charge in [-0.15, -0.1) is 509 Å². The van der Waals surface area contributed by atoms with Gasteiger partial charge in [-0.3, -0.25) is 0 Å². The van der Waals surface area contributed by atoms with Crippen LogP contribution in [0.1, 0.15) is 0 Å². The van der Waals surface area contributed by atoms with E-state index in [0.717, 1.165) is 0 Å². The third-order valence-corrected chi connectivity index (χ3v) is 810. The first-order chi connectivity index (χ1) is 51.8. The molecule has 0 spiro atoms. The largest absolute Gasteiger partial charge is 0.102 e. The lowest BCUT2D eigenvalue weighted by Crippen LogP contribution is -1.74. The monoisotopic (exact) mass is 3620 g/mol. The third-order valence-electron chi connectivity index (χ3n) is 10.00. The number of hydrogen-bond donors (Lipinski definition) is 0. The summed E-state index contributed by atoms with van der Waals surface area (Å²) in [6.07, 6.45) is 0. The standard InChI is InChI=1S/H115P113/c1-59(2)87(57)103(86(55)56)104(90(60(3)4)61(5)6)88(105(108(91(62(7)8)63(9)10)92(64(11)12)65(13)14)109(93(66(15)16)67(17)18)94(68(19)20)69(21)22)58-89(106(110(95(70(23)24)71(25)26)96(72(27)28)73(29)30)111(97(74(31)32)75(33)34)98(76(35)36)77(37)38)107(112(99(78(39)40)79(41)42)100(80(43)44)81(45)46)113(101(82(47)48)83(49)50)102(84(51)52)85(53)54/h58H,1-57H2/i58D. The van der Waals surface area contributed by atoms with Gasteiger partial charge in [0.15, 0.2) is 0 Å². The molecule has 0 aromatic carbocycles. The molecule has 0 N–H and O–H groups in total. The molecule has 0 saturated carbocycles. The molecule has 0 aromatic rings. The van der Waals surface area contributed by atoms with E-state index in [2.05, 4.69) is 509 Å². The highest BCUT2D eigenvalue weighted by Gasteiger charge is 2.65. The molecule has 0 aromatic heterocycles. The van der Waals surface area contributed by atoms with Crippen molar-refractivity contribution in [1.29, 1.82) is 1.28 Å². The van der Waals surface area contributed by atoms with Crippen molar-refractivity contribution in [3.05, 3.63) is 0 Å². The zero-order valence-corrected chi connectivity index (χ0v) is 174. The topological polar surface area (TPSA) is 0 Å². The van der Waals surface area contributed by atoms with Gasteiger partial charge >= 0.3 is 0 Å². The summed E-state index contributed by atoms with van der Waals surface area (Å²) < 4.78 is 15.3. The van der Waals surface area contributed by atoms with Gasteiger partial charge in [0, 0.05) is 0 Å². The first-order valence-electron chi connectivity index (χ1n) is 26.2. The van der Waals surface area contributed by atoms with Gasteiger partial charge in [-0.05, 0) is 392 Å². The Morgan fingerprint density at radius 2 is 0.177 bits per heavy atom. The molecular weight excluding hydrogens is 3500 g/mol. The number of hydrogen-bond acceptors (Lipinski definition) is 0. The highest BCUT2D eigenvalue weighted by Crippen LogP contribution is 3.53. The molecule has 0 fully saturated rings. The molecule has 113 heteroatoms. The van der Waals surface area contributed by atoms with Crippen LogP contribution in [-0.2, 0) is 0 Å². The van der Waals surface area contributed by atoms with Gasteiger partial charge in [0.1, 0.15) is 0 Å². The van der Waals surface area contributed by atoms with Crippen LogP contribution >= 0.6 is 901 Å². The van der Waals surface area contributed by atoms with Gasteiger partial charge in [-0.2, -0.15) is 0 Å². The SMILES string of the molecule is [2H]P(P(P(P(P(P)P)P(P)P)P(P(P)P)P(P)P(P)P)P(P(P(P(P)P)P(P)P)P(P(P)P)P(P)P)P(P(P(P)P)P(P)P)P(P(P)P)P(P)P)P(P(P(P(P(P)P)P(P)P)P(P(P)P)P(P)P)P(P(P(P)P)P(P)P)P(P(P)P)P(P)P)P(P(P(P(P)P)P(P)P)P(P(P)P)P(P)P)P(P(P(P)P)P(P)P)P(P(P)P)P(P)P. The molecule has 0 rings (SSSR count). The van der Waals surface area contributed by atoms with Crippen LogP contribution in [0, 0.1) is 0 Å². The van der Waals surface area contributed by atoms with Crippen LogP contribution in [-0.4, -0.2) is 1.28 Å². The van der Waals surface area contributed by atoms with Crippen molar-refractivity contribution in [3.8, 4) is 0 Å². The fourth-order valence-electron chi connectivity index (χ4n) is 6.83. The molecule has 113 heavy (non-hydrogen) atoms. The molecule has 680 valence electrons. The Kier molecular flexibility index (Phi) is 125. The molecular formula is H115P113. The average molecular weight is 3620 g/mol. The molecule has 0 amide bonds. The van der Waals surface area contributed by atoms with E-state index in [9.17, 15) is 0 Å². The summed E-state index contributed by atoms with van der Waals surface area (Å²) in [6.45, 7) is -31.3. The minimum atomic E-state index is -1.44. The van der Waals surface area contributed by atoms with E-state index in [1.165, 1.54) is 0 Å². The van der Waals surface area contributed by atoms with Crippen LogP contribution in [0.3, 0.4) is 0 Å². The lowest BCUT2D eigenvalue weighted by atomic mass is 28.4. The van der Waals surface area contributed by atoms with Crippen molar-refractivity contribution in [2.75, 3.05) is 0 Å². The Labute approximate surface area is 887 Å². The van der Waals surface area contributed by atoms with Gasteiger partial charge in [0.25, 0.3) is 0 Å². The minimum absolute atomic E-state index is 0.460. The average Bonchev–Trinajstić information content (AvgIpc) is 0.713. The Hall–Kier alpha value is 48.6. The van der Waals surface area contributed by atoms with Gasteiger partial charge in [0.2, 0.25) is 0 Å². The maximum atomic E-state index is 15.3. The second-order valence-corrected chi connectivity index (χ2v) is 487. The fraction of sp³-hybridized carbons (Fsp3) is 0. The van der Waals surface area contributed by atoms with Crippen LogP contribution in [0.25, 0.3) is 0 Å². The van der Waals surface area contributed by atoms with E-state index >= 15 is 1.28 Å². The Bertz CT molecular complexity index is 1990. The van der Waals surface area contributed by atoms with E-state index < -0.39 is 392 Å². The van der Waals surface area contributed by atoms with Crippen molar-refractivity contribution in [2.24, 2.45) is 0 Å². The highest BCUT2D eigenvalue weighted by atomic mass is 33.6.